The van der Waals surface area contributed by atoms with E-state index in [9.17, 15) is 9.90 Å². The van der Waals surface area contributed by atoms with Crippen molar-refractivity contribution in [2.45, 2.75) is 26.3 Å². The van der Waals surface area contributed by atoms with Crippen molar-refractivity contribution in [3.05, 3.63) is 29.8 Å². The number of nitrogens with two attached hydrogens (primary N) is 1. The number of amidine groups is 1. The Bertz CT molecular complexity index is 472. The second-order valence-corrected chi connectivity index (χ2v) is 4.51. The van der Waals surface area contributed by atoms with Gasteiger partial charge in [-0.05, 0) is 19.9 Å². The third kappa shape index (κ3) is 4.17. The summed E-state index contributed by atoms with van der Waals surface area (Å²) in [6.07, 6.45) is 0.0730. The molecule has 0 fully saturated rings. The summed E-state index contributed by atoms with van der Waals surface area (Å²) in [5.74, 6) is -0.134. The second kappa shape index (κ2) is 6.63. The summed E-state index contributed by atoms with van der Waals surface area (Å²) in [6.45, 7) is 3.74. The van der Waals surface area contributed by atoms with Crippen LogP contribution in [0.25, 0.3) is 0 Å². The van der Waals surface area contributed by atoms with Crippen molar-refractivity contribution >= 4 is 11.7 Å². The first-order valence-corrected chi connectivity index (χ1v) is 5.98. The van der Waals surface area contributed by atoms with Gasteiger partial charge in [0.15, 0.2) is 5.84 Å². The number of phenols is 1. The molecule has 0 aromatic heterocycles. The minimum Gasteiger partial charge on any atom is -0.508 e. The smallest absolute Gasteiger partial charge is 0.227 e. The Balaban J connectivity index is 2.81. The number of benzene rings is 1. The highest BCUT2D eigenvalue weighted by Gasteiger charge is 2.19. The lowest BCUT2D eigenvalue weighted by Gasteiger charge is -2.26. The highest BCUT2D eigenvalue weighted by Crippen LogP contribution is 2.17. The number of nitrogens with zero attached hydrogens (tertiary/aromatic N) is 2. The number of carbonyl (C=O) groups excluding carboxylic acids is 1. The molecule has 0 aliphatic heterocycles. The molecule has 0 saturated heterocycles. The Kier molecular flexibility index (Phi) is 5.17. The van der Waals surface area contributed by atoms with Crippen molar-refractivity contribution in [2.75, 3.05) is 6.54 Å². The largest absolute Gasteiger partial charge is 0.508 e. The zero-order valence-electron chi connectivity index (χ0n) is 11.1. The average Bonchev–Trinajstić information content (AvgIpc) is 2.37. The third-order valence-electron chi connectivity index (χ3n) is 2.74. The molecule has 0 aliphatic carbocycles. The lowest BCUT2D eigenvalue weighted by molar-refractivity contribution is -0.131. The Labute approximate surface area is 112 Å². The number of oxime groups is 1. The van der Waals surface area contributed by atoms with Gasteiger partial charge in [0.25, 0.3) is 0 Å². The minimum atomic E-state index is -0.192. The van der Waals surface area contributed by atoms with Gasteiger partial charge in [0.2, 0.25) is 5.91 Å². The SMILES string of the molecule is CC(C)N(C/C(N)=N/O)C(=O)Cc1ccccc1O. The second-order valence-electron chi connectivity index (χ2n) is 4.51. The van der Waals surface area contributed by atoms with Crippen molar-refractivity contribution in [3.8, 4) is 5.75 Å². The van der Waals surface area contributed by atoms with Crippen LogP contribution < -0.4 is 5.73 Å². The molecule has 0 heterocycles. The van der Waals surface area contributed by atoms with E-state index in [1.54, 1.807) is 18.2 Å². The maximum Gasteiger partial charge on any atom is 0.227 e. The van der Waals surface area contributed by atoms with Crippen LogP contribution in [-0.4, -0.2) is 39.5 Å². The molecular formula is C13H19N3O3. The summed E-state index contributed by atoms with van der Waals surface area (Å²) in [5.41, 5.74) is 5.98. The van der Waals surface area contributed by atoms with Gasteiger partial charge in [-0.1, -0.05) is 23.4 Å². The fourth-order valence-electron chi connectivity index (χ4n) is 1.69. The fourth-order valence-corrected chi connectivity index (χ4v) is 1.69. The van der Waals surface area contributed by atoms with E-state index in [4.69, 9.17) is 10.9 Å². The normalized spacial score (nSPS) is 11.6. The fraction of sp³-hybridized carbons (Fsp3) is 0.385. The molecule has 1 aromatic carbocycles. The van der Waals surface area contributed by atoms with E-state index < -0.39 is 0 Å². The van der Waals surface area contributed by atoms with Gasteiger partial charge < -0.3 is 20.9 Å². The van der Waals surface area contributed by atoms with Gasteiger partial charge in [-0.15, -0.1) is 0 Å². The minimum absolute atomic E-state index is 0.0284. The molecular weight excluding hydrogens is 246 g/mol. The number of amides is 1. The average molecular weight is 265 g/mol. The summed E-state index contributed by atoms with van der Waals surface area (Å²) in [4.78, 5) is 13.7. The molecule has 1 aromatic rings. The maximum absolute atomic E-state index is 12.2. The third-order valence-corrected chi connectivity index (χ3v) is 2.74. The topological polar surface area (TPSA) is 99.1 Å². The summed E-state index contributed by atoms with van der Waals surface area (Å²) in [6, 6.07) is 6.59. The summed E-state index contributed by atoms with van der Waals surface area (Å²) < 4.78 is 0. The van der Waals surface area contributed by atoms with E-state index in [1.807, 2.05) is 13.8 Å². The van der Waals surface area contributed by atoms with Gasteiger partial charge in [-0.3, -0.25) is 4.79 Å². The van der Waals surface area contributed by atoms with Crippen molar-refractivity contribution in [2.24, 2.45) is 10.9 Å². The molecule has 0 spiro atoms. The molecule has 6 heteroatoms. The van der Waals surface area contributed by atoms with Gasteiger partial charge in [0.05, 0.1) is 13.0 Å². The number of carbonyl (C=O) groups is 1. The number of hydrogen-bond donors (Lipinski definition) is 3. The number of hydrogen-bond acceptors (Lipinski definition) is 4. The first-order valence-electron chi connectivity index (χ1n) is 5.98. The molecule has 1 amide bonds. The van der Waals surface area contributed by atoms with Crippen molar-refractivity contribution in [1.82, 2.24) is 4.90 Å². The Morgan fingerprint density at radius 1 is 1.42 bits per heavy atom. The number of rotatable bonds is 5. The van der Waals surface area contributed by atoms with Gasteiger partial charge in [-0.25, -0.2) is 0 Å². The van der Waals surface area contributed by atoms with E-state index in [1.165, 1.54) is 11.0 Å². The molecule has 4 N–H and O–H groups in total. The Hall–Kier alpha value is -2.24. The summed E-state index contributed by atoms with van der Waals surface area (Å²) in [5, 5.41) is 21.1. The van der Waals surface area contributed by atoms with Crippen LogP contribution in [0.5, 0.6) is 5.75 Å². The molecule has 19 heavy (non-hydrogen) atoms. The molecule has 104 valence electrons. The van der Waals surface area contributed by atoms with Crippen LogP contribution in [0.1, 0.15) is 19.4 Å². The monoisotopic (exact) mass is 265 g/mol. The predicted molar refractivity (Wildman–Crippen MR) is 72.1 cm³/mol. The van der Waals surface area contributed by atoms with E-state index in [0.29, 0.717) is 5.56 Å². The molecule has 0 aliphatic rings. The highest BCUT2D eigenvalue weighted by atomic mass is 16.4. The van der Waals surface area contributed by atoms with Crippen LogP contribution >= 0.6 is 0 Å². The van der Waals surface area contributed by atoms with Crippen molar-refractivity contribution in [1.29, 1.82) is 0 Å². The molecule has 0 bridgehead atoms. The van der Waals surface area contributed by atoms with Crippen LogP contribution in [0.15, 0.2) is 29.4 Å². The number of phenolic OH excluding ortho intramolecular Hbond substituents is 1. The van der Waals surface area contributed by atoms with Gasteiger partial charge in [0, 0.05) is 11.6 Å². The summed E-state index contributed by atoms with van der Waals surface area (Å²) in [7, 11) is 0. The molecule has 1 rings (SSSR count). The Morgan fingerprint density at radius 3 is 2.58 bits per heavy atom. The zero-order chi connectivity index (χ0) is 14.4. The molecule has 6 nitrogen and oxygen atoms in total. The first kappa shape index (κ1) is 14.8. The van der Waals surface area contributed by atoms with E-state index in [-0.39, 0.29) is 36.5 Å². The maximum atomic E-state index is 12.2. The van der Waals surface area contributed by atoms with E-state index >= 15 is 0 Å². The zero-order valence-corrected chi connectivity index (χ0v) is 11.1. The number of aromatic hydroxyl groups is 1. The van der Waals surface area contributed by atoms with Crippen LogP contribution in [0, 0.1) is 0 Å². The van der Waals surface area contributed by atoms with Gasteiger partial charge >= 0.3 is 0 Å². The van der Waals surface area contributed by atoms with E-state index in [2.05, 4.69) is 5.16 Å². The number of para-hydroxylation sites is 1. The van der Waals surface area contributed by atoms with Crippen molar-refractivity contribution < 1.29 is 15.1 Å². The first-order chi connectivity index (χ1) is 8.95. The molecule has 0 atom stereocenters. The van der Waals surface area contributed by atoms with Crippen LogP contribution in [-0.2, 0) is 11.2 Å². The van der Waals surface area contributed by atoms with E-state index in [0.717, 1.165) is 0 Å². The highest BCUT2D eigenvalue weighted by molar-refractivity contribution is 5.88. The summed E-state index contributed by atoms with van der Waals surface area (Å²) >= 11 is 0. The quantitative estimate of drug-likeness (QED) is 0.319. The standard InChI is InChI=1S/C13H19N3O3/c1-9(2)16(8-12(14)15-19)13(18)7-10-5-3-4-6-11(10)17/h3-6,9,17,19H,7-8H2,1-2H3,(H2,14,15). The van der Waals surface area contributed by atoms with Crippen LogP contribution in [0.2, 0.25) is 0 Å². The molecule has 0 unspecified atom stereocenters. The molecule has 0 radical (unpaired) electrons. The lowest BCUT2D eigenvalue weighted by Crippen LogP contribution is -2.43. The van der Waals surface area contributed by atoms with Crippen LogP contribution in [0.3, 0.4) is 0 Å². The predicted octanol–water partition coefficient (Wildman–Crippen LogP) is 0.918. The van der Waals surface area contributed by atoms with Crippen molar-refractivity contribution in [3.63, 3.8) is 0 Å². The van der Waals surface area contributed by atoms with Gasteiger partial charge in [-0.2, -0.15) is 0 Å². The molecule has 0 saturated carbocycles. The van der Waals surface area contributed by atoms with Gasteiger partial charge in [0.1, 0.15) is 5.75 Å². The Morgan fingerprint density at radius 2 is 2.05 bits per heavy atom. The lowest BCUT2D eigenvalue weighted by atomic mass is 10.1. The van der Waals surface area contributed by atoms with Crippen LogP contribution in [0.4, 0.5) is 0 Å².